The highest BCUT2D eigenvalue weighted by Gasteiger charge is 2.07. The van der Waals surface area contributed by atoms with E-state index in [1.807, 2.05) is 0 Å². The van der Waals surface area contributed by atoms with Gasteiger partial charge in [0, 0.05) is 15.7 Å². The summed E-state index contributed by atoms with van der Waals surface area (Å²) in [7, 11) is 0. The Labute approximate surface area is 97.7 Å². The van der Waals surface area contributed by atoms with Gasteiger partial charge >= 0.3 is 0 Å². The van der Waals surface area contributed by atoms with Gasteiger partial charge in [-0.25, -0.2) is 0 Å². The summed E-state index contributed by atoms with van der Waals surface area (Å²) in [5.74, 6) is 0.379. The lowest BCUT2D eigenvalue weighted by atomic mass is 10.2. The van der Waals surface area contributed by atoms with Gasteiger partial charge in [0.15, 0.2) is 0 Å². The minimum atomic E-state index is -0.750. The second kappa shape index (κ2) is 6.35. The van der Waals surface area contributed by atoms with Gasteiger partial charge in [-0.1, -0.05) is 17.7 Å². The third kappa shape index (κ3) is 4.01. The van der Waals surface area contributed by atoms with Crippen LogP contribution in [0.3, 0.4) is 0 Å². The van der Waals surface area contributed by atoms with Gasteiger partial charge in [0.05, 0.1) is 19.3 Å². The topological polar surface area (TPSA) is 60.7 Å². The molecule has 0 aliphatic rings. The lowest BCUT2D eigenvalue weighted by Crippen LogP contribution is -2.14. The summed E-state index contributed by atoms with van der Waals surface area (Å²) in [6, 6.07) is 5.19. The van der Waals surface area contributed by atoms with Crippen molar-refractivity contribution in [3.05, 3.63) is 28.8 Å². The fourth-order valence-electron chi connectivity index (χ4n) is 1.03. The van der Waals surface area contributed by atoms with E-state index in [0.717, 1.165) is 10.5 Å². The predicted octanol–water partition coefficient (Wildman–Crippen LogP) is 1.28. The van der Waals surface area contributed by atoms with E-state index in [2.05, 4.69) is 0 Å². The van der Waals surface area contributed by atoms with Crippen molar-refractivity contribution in [2.75, 3.05) is 12.4 Å². The van der Waals surface area contributed by atoms with Crippen LogP contribution in [0.25, 0.3) is 0 Å². The van der Waals surface area contributed by atoms with Gasteiger partial charge in [-0.05, 0) is 17.7 Å². The van der Waals surface area contributed by atoms with Crippen molar-refractivity contribution in [3.8, 4) is 0 Å². The number of aliphatic hydroxyl groups is 3. The Hall–Kier alpha value is -0.260. The summed E-state index contributed by atoms with van der Waals surface area (Å²) in [4.78, 5) is 0.831. The molecule has 0 saturated heterocycles. The first kappa shape index (κ1) is 12.8. The molecule has 0 bridgehead atoms. The van der Waals surface area contributed by atoms with Crippen molar-refractivity contribution >= 4 is 23.4 Å². The standard InChI is InChI=1S/C10H13ClO3S/c11-8-2-1-7(4-12)10(3-8)15-6-9(14)5-13/h1-3,9,12-14H,4-6H2. The maximum absolute atomic E-state index is 9.19. The molecule has 0 amide bonds. The first-order valence-electron chi connectivity index (χ1n) is 4.48. The second-order valence-corrected chi connectivity index (χ2v) is 4.56. The van der Waals surface area contributed by atoms with Gasteiger partial charge in [-0.3, -0.25) is 0 Å². The van der Waals surface area contributed by atoms with Crippen molar-refractivity contribution in [2.24, 2.45) is 0 Å². The van der Waals surface area contributed by atoms with Gasteiger partial charge in [0.25, 0.3) is 0 Å². The van der Waals surface area contributed by atoms with E-state index in [1.165, 1.54) is 11.8 Å². The van der Waals surface area contributed by atoms with Crippen LogP contribution in [0.4, 0.5) is 0 Å². The van der Waals surface area contributed by atoms with Crippen LogP contribution in [0, 0.1) is 0 Å². The number of hydrogen-bond donors (Lipinski definition) is 3. The Morgan fingerprint density at radius 1 is 1.33 bits per heavy atom. The molecule has 0 saturated carbocycles. The maximum Gasteiger partial charge on any atom is 0.0864 e. The Balaban J connectivity index is 2.69. The largest absolute Gasteiger partial charge is 0.394 e. The summed E-state index contributed by atoms with van der Waals surface area (Å²) in [6.07, 6.45) is -0.750. The van der Waals surface area contributed by atoms with Crippen molar-refractivity contribution in [1.29, 1.82) is 0 Å². The average Bonchev–Trinajstić information content (AvgIpc) is 2.26. The quantitative estimate of drug-likeness (QED) is 0.687. The number of halogens is 1. The third-order valence-electron chi connectivity index (χ3n) is 1.84. The molecule has 0 heterocycles. The zero-order chi connectivity index (χ0) is 11.3. The second-order valence-electron chi connectivity index (χ2n) is 3.06. The van der Waals surface area contributed by atoms with E-state index < -0.39 is 6.10 Å². The van der Waals surface area contributed by atoms with Gasteiger partial charge in [0.2, 0.25) is 0 Å². The molecule has 5 heteroatoms. The Morgan fingerprint density at radius 2 is 2.07 bits per heavy atom. The average molecular weight is 249 g/mol. The predicted molar refractivity (Wildman–Crippen MR) is 61.2 cm³/mol. The molecule has 15 heavy (non-hydrogen) atoms. The van der Waals surface area contributed by atoms with Crippen LogP contribution in [-0.4, -0.2) is 33.8 Å². The van der Waals surface area contributed by atoms with E-state index in [-0.39, 0.29) is 13.2 Å². The molecular formula is C10H13ClO3S. The highest BCUT2D eigenvalue weighted by atomic mass is 35.5. The molecule has 0 fully saturated rings. The van der Waals surface area contributed by atoms with E-state index in [4.69, 9.17) is 21.8 Å². The number of benzene rings is 1. The fourth-order valence-corrected chi connectivity index (χ4v) is 2.27. The molecule has 3 nitrogen and oxygen atoms in total. The molecule has 1 unspecified atom stereocenters. The summed E-state index contributed by atoms with van der Waals surface area (Å²) in [5.41, 5.74) is 0.773. The molecule has 1 atom stereocenters. The summed E-state index contributed by atoms with van der Waals surface area (Å²) < 4.78 is 0. The molecule has 0 aliphatic heterocycles. The first-order chi connectivity index (χ1) is 7.17. The van der Waals surface area contributed by atoms with Crippen molar-refractivity contribution in [2.45, 2.75) is 17.6 Å². The highest BCUT2D eigenvalue weighted by molar-refractivity contribution is 7.99. The smallest absolute Gasteiger partial charge is 0.0864 e. The number of thioether (sulfide) groups is 1. The number of rotatable bonds is 5. The van der Waals surface area contributed by atoms with Crippen LogP contribution < -0.4 is 0 Å². The minimum absolute atomic E-state index is 0.0608. The van der Waals surface area contributed by atoms with Crippen LogP contribution in [0.15, 0.2) is 23.1 Å². The van der Waals surface area contributed by atoms with Crippen LogP contribution in [0.2, 0.25) is 5.02 Å². The van der Waals surface area contributed by atoms with Crippen LogP contribution in [0.1, 0.15) is 5.56 Å². The normalized spacial score (nSPS) is 12.8. The maximum atomic E-state index is 9.19. The van der Waals surface area contributed by atoms with E-state index in [1.54, 1.807) is 18.2 Å². The molecule has 3 N–H and O–H groups in total. The lowest BCUT2D eigenvalue weighted by molar-refractivity contribution is 0.113. The highest BCUT2D eigenvalue weighted by Crippen LogP contribution is 2.26. The molecule has 1 rings (SSSR count). The van der Waals surface area contributed by atoms with Gasteiger partial charge in [-0.2, -0.15) is 0 Å². The van der Waals surface area contributed by atoms with Crippen molar-refractivity contribution in [1.82, 2.24) is 0 Å². The zero-order valence-corrected chi connectivity index (χ0v) is 9.63. The monoisotopic (exact) mass is 248 g/mol. The van der Waals surface area contributed by atoms with Crippen molar-refractivity contribution in [3.63, 3.8) is 0 Å². The first-order valence-corrected chi connectivity index (χ1v) is 5.84. The third-order valence-corrected chi connectivity index (χ3v) is 3.32. The summed E-state index contributed by atoms with van der Waals surface area (Å²) >= 11 is 7.18. The van der Waals surface area contributed by atoms with Crippen molar-refractivity contribution < 1.29 is 15.3 Å². The SMILES string of the molecule is OCc1ccc(Cl)cc1SCC(O)CO. The molecule has 0 spiro atoms. The van der Waals surface area contributed by atoms with Gasteiger partial charge < -0.3 is 15.3 Å². The van der Waals surface area contributed by atoms with E-state index in [0.29, 0.717) is 10.8 Å². The molecule has 1 aromatic carbocycles. The molecule has 0 aliphatic carbocycles. The van der Waals surface area contributed by atoms with Crippen LogP contribution in [-0.2, 0) is 6.61 Å². The molecular weight excluding hydrogens is 236 g/mol. The molecule has 1 aromatic rings. The van der Waals surface area contributed by atoms with E-state index in [9.17, 15) is 5.11 Å². The number of aliphatic hydroxyl groups excluding tert-OH is 3. The summed E-state index contributed by atoms with van der Waals surface area (Å²) in [5, 5.41) is 27.5. The molecule has 0 aromatic heterocycles. The molecule has 0 radical (unpaired) electrons. The van der Waals surface area contributed by atoms with Gasteiger partial charge in [-0.15, -0.1) is 11.8 Å². The van der Waals surface area contributed by atoms with Crippen LogP contribution in [0.5, 0.6) is 0 Å². The fraction of sp³-hybridized carbons (Fsp3) is 0.400. The lowest BCUT2D eigenvalue weighted by Gasteiger charge is -2.10. The van der Waals surface area contributed by atoms with Crippen LogP contribution >= 0.6 is 23.4 Å². The minimum Gasteiger partial charge on any atom is -0.394 e. The Bertz CT molecular complexity index is 320. The Morgan fingerprint density at radius 3 is 2.67 bits per heavy atom. The van der Waals surface area contributed by atoms with Gasteiger partial charge in [0.1, 0.15) is 0 Å². The Kier molecular flexibility index (Phi) is 5.42. The molecule has 84 valence electrons. The zero-order valence-electron chi connectivity index (χ0n) is 8.06. The summed E-state index contributed by atoms with van der Waals surface area (Å²) in [6.45, 7) is -0.323. The van der Waals surface area contributed by atoms with E-state index >= 15 is 0 Å². The number of hydrogen-bond acceptors (Lipinski definition) is 4.